The summed E-state index contributed by atoms with van der Waals surface area (Å²) in [6.45, 7) is 13.8. The first-order valence-electron chi connectivity index (χ1n) is 13.2. The Labute approximate surface area is 203 Å². The van der Waals surface area contributed by atoms with Gasteiger partial charge in [-0.3, -0.25) is 0 Å². The van der Waals surface area contributed by atoms with Gasteiger partial charge in [0.25, 0.3) is 0 Å². The molecule has 0 heterocycles. The van der Waals surface area contributed by atoms with Crippen LogP contribution in [0.2, 0.25) is 0 Å². The van der Waals surface area contributed by atoms with Gasteiger partial charge in [0.2, 0.25) is 0 Å². The summed E-state index contributed by atoms with van der Waals surface area (Å²) >= 11 is 0. The van der Waals surface area contributed by atoms with E-state index in [2.05, 4.69) is 76.0 Å². The van der Waals surface area contributed by atoms with Crippen molar-refractivity contribution in [2.45, 2.75) is 112 Å². The van der Waals surface area contributed by atoms with E-state index in [0.29, 0.717) is 5.92 Å². The van der Waals surface area contributed by atoms with Crippen LogP contribution < -0.4 is 4.74 Å². The number of benzene rings is 2. The first kappa shape index (κ1) is 27.1. The van der Waals surface area contributed by atoms with Gasteiger partial charge in [0.15, 0.2) is 0 Å². The third kappa shape index (κ3) is 9.70. The molecule has 2 rings (SSSR count). The summed E-state index contributed by atoms with van der Waals surface area (Å²) in [7, 11) is 0. The second-order valence-corrected chi connectivity index (χ2v) is 9.83. The molecule has 0 amide bonds. The summed E-state index contributed by atoms with van der Waals surface area (Å²) in [4.78, 5) is 0. The molecule has 0 aromatic heterocycles. The molecule has 0 radical (unpaired) electrons. The van der Waals surface area contributed by atoms with Crippen molar-refractivity contribution in [1.82, 2.24) is 0 Å². The van der Waals surface area contributed by atoms with Crippen LogP contribution in [-0.2, 0) is 0 Å². The summed E-state index contributed by atoms with van der Waals surface area (Å²) in [5.74, 6) is 1.35. The number of nitrogens with zero attached hydrogens (tertiary/aromatic N) is 2. The minimum atomic E-state index is 0.360. The van der Waals surface area contributed by atoms with Gasteiger partial charge in [-0.05, 0) is 79.6 Å². The third-order valence-electron chi connectivity index (χ3n) is 6.47. The van der Waals surface area contributed by atoms with Crippen LogP contribution in [0.25, 0.3) is 0 Å². The average Bonchev–Trinajstić information content (AvgIpc) is 2.79. The number of azo groups is 1. The maximum absolute atomic E-state index is 6.17. The molecule has 2 aromatic carbocycles. The fourth-order valence-corrected chi connectivity index (χ4v) is 4.06. The highest BCUT2D eigenvalue weighted by Crippen LogP contribution is 2.35. The van der Waals surface area contributed by atoms with E-state index in [1.165, 1.54) is 74.5 Å². The predicted octanol–water partition coefficient (Wildman–Crippen LogP) is 10.5. The highest BCUT2D eigenvalue weighted by Gasteiger charge is 2.12. The van der Waals surface area contributed by atoms with Crippen LogP contribution in [0.15, 0.2) is 40.6 Å². The summed E-state index contributed by atoms with van der Waals surface area (Å²) in [6.07, 6.45) is 13.4. The molecule has 3 heteroatoms. The molecule has 0 bridgehead atoms. The second-order valence-electron chi connectivity index (χ2n) is 9.83. The Morgan fingerprint density at radius 1 is 0.697 bits per heavy atom. The molecule has 0 spiro atoms. The highest BCUT2D eigenvalue weighted by molar-refractivity contribution is 5.55. The Morgan fingerprint density at radius 3 is 1.94 bits per heavy atom. The molecule has 0 unspecified atom stereocenters. The van der Waals surface area contributed by atoms with Crippen molar-refractivity contribution in [3.63, 3.8) is 0 Å². The lowest BCUT2D eigenvalue weighted by Crippen LogP contribution is -2.00. The molecule has 0 N–H and O–H groups in total. The maximum Gasteiger partial charge on any atom is 0.122 e. The van der Waals surface area contributed by atoms with Crippen molar-refractivity contribution in [3.8, 4) is 5.75 Å². The fraction of sp³-hybridized carbons (Fsp3) is 0.600. The Hall–Kier alpha value is -2.16. The van der Waals surface area contributed by atoms with E-state index in [9.17, 15) is 0 Å². The molecule has 33 heavy (non-hydrogen) atoms. The van der Waals surface area contributed by atoms with Crippen LogP contribution in [0.5, 0.6) is 5.75 Å². The molecule has 0 aliphatic carbocycles. The molecule has 0 aliphatic heterocycles. The lowest BCUT2D eigenvalue weighted by atomic mass is 9.99. The van der Waals surface area contributed by atoms with Crippen LogP contribution in [0.1, 0.15) is 113 Å². The summed E-state index contributed by atoms with van der Waals surface area (Å²) < 4.78 is 6.17. The van der Waals surface area contributed by atoms with Crippen molar-refractivity contribution in [1.29, 1.82) is 0 Å². The monoisotopic (exact) mass is 450 g/mol. The molecule has 0 fully saturated rings. The number of hydrogen-bond donors (Lipinski definition) is 0. The number of rotatable bonds is 15. The van der Waals surface area contributed by atoms with Gasteiger partial charge in [0.05, 0.1) is 18.0 Å². The molecule has 0 saturated carbocycles. The molecular formula is C30H46N2O. The Balaban J connectivity index is 1.85. The third-order valence-corrected chi connectivity index (χ3v) is 6.47. The highest BCUT2D eigenvalue weighted by atomic mass is 16.5. The molecule has 2 aromatic rings. The molecule has 3 nitrogen and oxygen atoms in total. The van der Waals surface area contributed by atoms with Gasteiger partial charge >= 0.3 is 0 Å². The lowest BCUT2D eigenvalue weighted by molar-refractivity contribution is 0.302. The standard InChI is InChI=1S/C30H46N2O/c1-7-8-9-10-11-12-13-14-15-16-19-33-30-22-28(23(2)3)29(21-26(30)6)32-31-27-18-17-24(4)25(5)20-27/h17-18,20-23H,7-16,19H2,1-6H3/b32-31+. The lowest BCUT2D eigenvalue weighted by Gasteiger charge is -2.15. The molecule has 182 valence electrons. The van der Waals surface area contributed by atoms with E-state index < -0.39 is 0 Å². The van der Waals surface area contributed by atoms with Gasteiger partial charge in [-0.25, -0.2) is 0 Å². The molecule has 0 atom stereocenters. The topological polar surface area (TPSA) is 34.0 Å². The van der Waals surface area contributed by atoms with E-state index in [-0.39, 0.29) is 0 Å². The SMILES string of the molecule is CCCCCCCCCCCCOc1cc(C(C)C)c(/N=N/c2ccc(C)c(C)c2)cc1C. The first-order valence-corrected chi connectivity index (χ1v) is 13.2. The van der Waals surface area contributed by atoms with Gasteiger partial charge in [0, 0.05) is 0 Å². The molecular weight excluding hydrogens is 404 g/mol. The smallest absolute Gasteiger partial charge is 0.122 e. The van der Waals surface area contributed by atoms with E-state index >= 15 is 0 Å². The minimum Gasteiger partial charge on any atom is -0.493 e. The fourth-order valence-electron chi connectivity index (χ4n) is 4.06. The number of aryl methyl sites for hydroxylation is 3. The minimum absolute atomic E-state index is 0.360. The summed E-state index contributed by atoms with van der Waals surface area (Å²) in [5, 5.41) is 9.11. The van der Waals surface area contributed by atoms with Crippen molar-refractivity contribution >= 4 is 11.4 Å². The van der Waals surface area contributed by atoms with Crippen molar-refractivity contribution in [2.24, 2.45) is 10.2 Å². The van der Waals surface area contributed by atoms with E-state index in [1.54, 1.807) is 0 Å². The summed E-state index contributed by atoms with van der Waals surface area (Å²) in [5.41, 5.74) is 6.66. The van der Waals surface area contributed by atoms with E-state index in [4.69, 9.17) is 4.74 Å². The zero-order chi connectivity index (χ0) is 24.1. The summed E-state index contributed by atoms with van der Waals surface area (Å²) in [6, 6.07) is 10.5. The first-order chi connectivity index (χ1) is 15.9. The van der Waals surface area contributed by atoms with Crippen LogP contribution in [0.3, 0.4) is 0 Å². The zero-order valence-corrected chi connectivity index (χ0v) is 22.0. The number of unbranched alkanes of at least 4 members (excludes halogenated alkanes) is 9. The normalized spacial score (nSPS) is 11.6. The van der Waals surface area contributed by atoms with Gasteiger partial charge < -0.3 is 4.74 Å². The van der Waals surface area contributed by atoms with E-state index in [1.807, 2.05) is 6.07 Å². The maximum atomic E-state index is 6.17. The van der Waals surface area contributed by atoms with Gasteiger partial charge in [-0.15, -0.1) is 0 Å². The predicted molar refractivity (Wildman–Crippen MR) is 143 cm³/mol. The average molecular weight is 451 g/mol. The van der Waals surface area contributed by atoms with Crippen LogP contribution in [-0.4, -0.2) is 6.61 Å². The molecule has 0 aliphatic rings. The van der Waals surface area contributed by atoms with Crippen LogP contribution >= 0.6 is 0 Å². The Kier molecular flexibility index (Phi) is 12.2. The molecule has 0 saturated heterocycles. The quantitative estimate of drug-likeness (QED) is 0.196. The van der Waals surface area contributed by atoms with Crippen LogP contribution in [0, 0.1) is 20.8 Å². The van der Waals surface area contributed by atoms with Crippen molar-refractivity contribution in [3.05, 3.63) is 52.6 Å². The zero-order valence-electron chi connectivity index (χ0n) is 22.0. The van der Waals surface area contributed by atoms with Gasteiger partial charge in [-0.2, -0.15) is 10.2 Å². The Bertz CT molecular complexity index is 870. The van der Waals surface area contributed by atoms with Gasteiger partial charge in [-0.1, -0.05) is 84.6 Å². The van der Waals surface area contributed by atoms with Crippen molar-refractivity contribution in [2.75, 3.05) is 6.61 Å². The van der Waals surface area contributed by atoms with Gasteiger partial charge in [0.1, 0.15) is 5.75 Å². The van der Waals surface area contributed by atoms with Crippen molar-refractivity contribution < 1.29 is 4.74 Å². The second kappa shape index (κ2) is 14.9. The van der Waals surface area contributed by atoms with E-state index in [0.717, 1.165) is 35.7 Å². The largest absolute Gasteiger partial charge is 0.493 e. The number of ether oxygens (including phenoxy) is 1. The number of hydrogen-bond acceptors (Lipinski definition) is 3. The van der Waals surface area contributed by atoms with Crippen LogP contribution in [0.4, 0.5) is 11.4 Å². The Morgan fingerprint density at radius 2 is 1.33 bits per heavy atom.